The summed E-state index contributed by atoms with van der Waals surface area (Å²) in [6.45, 7) is 6.83. The van der Waals surface area contributed by atoms with Crippen LogP contribution in [-0.2, 0) is 0 Å². The Kier molecular flexibility index (Phi) is 4.57. The molecule has 0 radical (unpaired) electrons. The molecule has 19 heavy (non-hydrogen) atoms. The Hall–Kier alpha value is -1.37. The zero-order valence-electron chi connectivity index (χ0n) is 12.2. The second-order valence-electron chi connectivity index (χ2n) is 6.14. The predicted molar refractivity (Wildman–Crippen MR) is 80.2 cm³/mol. The van der Waals surface area contributed by atoms with Crippen molar-refractivity contribution in [3.05, 3.63) is 47.5 Å². The topological polar surface area (TPSA) is 17.1 Å². The molecule has 1 nitrogen and oxygen atoms in total. The lowest BCUT2D eigenvalue weighted by atomic mass is 9.74. The molecule has 2 rings (SSSR count). The molecule has 0 saturated heterocycles. The molecular weight excluding hydrogens is 232 g/mol. The first-order valence-corrected chi connectivity index (χ1v) is 7.37. The maximum absolute atomic E-state index is 12.3. The Balaban J connectivity index is 2.14. The van der Waals surface area contributed by atoms with Crippen LogP contribution in [0.3, 0.4) is 0 Å². The largest absolute Gasteiger partial charge is 0.289 e. The van der Waals surface area contributed by atoms with Gasteiger partial charge >= 0.3 is 0 Å². The highest BCUT2D eigenvalue weighted by Crippen LogP contribution is 2.36. The van der Waals surface area contributed by atoms with Gasteiger partial charge in [0.25, 0.3) is 0 Å². The first-order valence-electron chi connectivity index (χ1n) is 7.37. The van der Waals surface area contributed by atoms with Crippen LogP contribution < -0.4 is 0 Å². The van der Waals surface area contributed by atoms with Crippen LogP contribution in [-0.4, -0.2) is 5.78 Å². The molecule has 1 aromatic carbocycles. The predicted octanol–water partition coefficient (Wildman–Crippen LogP) is 4.89. The van der Waals surface area contributed by atoms with Gasteiger partial charge < -0.3 is 0 Å². The van der Waals surface area contributed by atoms with Crippen LogP contribution in [0.15, 0.2) is 42.0 Å². The molecule has 0 N–H and O–H groups in total. The molecule has 1 heteroatoms. The second kappa shape index (κ2) is 6.18. The number of hydrogen-bond donors (Lipinski definition) is 0. The summed E-state index contributed by atoms with van der Waals surface area (Å²) in [4.78, 5) is 12.3. The van der Waals surface area contributed by atoms with E-state index in [1.807, 2.05) is 36.4 Å². The molecule has 1 saturated carbocycles. The monoisotopic (exact) mass is 256 g/mol. The molecule has 0 aromatic heterocycles. The third-order valence-corrected chi connectivity index (χ3v) is 4.42. The maximum atomic E-state index is 12.3. The van der Waals surface area contributed by atoms with Gasteiger partial charge in [0.15, 0.2) is 5.78 Å². The SMILES string of the molecule is CC(C)[C@H]1CC[C@@H](C)/C(=C/C(=O)c2ccccc2)C1. The molecular formula is C18H24O. The van der Waals surface area contributed by atoms with Gasteiger partial charge in [-0.2, -0.15) is 0 Å². The average molecular weight is 256 g/mol. The molecule has 1 aromatic rings. The van der Waals surface area contributed by atoms with Gasteiger partial charge in [0.2, 0.25) is 0 Å². The van der Waals surface area contributed by atoms with Gasteiger partial charge in [-0.15, -0.1) is 0 Å². The van der Waals surface area contributed by atoms with Crippen LogP contribution >= 0.6 is 0 Å². The van der Waals surface area contributed by atoms with E-state index in [4.69, 9.17) is 0 Å². The summed E-state index contributed by atoms with van der Waals surface area (Å²) in [5, 5.41) is 0. The summed E-state index contributed by atoms with van der Waals surface area (Å²) >= 11 is 0. The first kappa shape index (κ1) is 14.0. The van der Waals surface area contributed by atoms with Gasteiger partial charge in [-0.05, 0) is 43.1 Å². The number of allylic oxidation sites excluding steroid dienone is 2. The normalized spacial score (nSPS) is 25.8. The summed E-state index contributed by atoms with van der Waals surface area (Å²) in [6.07, 6.45) is 5.51. The number of carbonyl (C=O) groups excluding carboxylic acids is 1. The van der Waals surface area contributed by atoms with Gasteiger partial charge in [-0.3, -0.25) is 4.79 Å². The summed E-state index contributed by atoms with van der Waals surface area (Å²) in [6, 6.07) is 9.58. The summed E-state index contributed by atoms with van der Waals surface area (Å²) in [7, 11) is 0. The van der Waals surface area contributed by atoms with E-state index in [-0.39, 0.29) is 5.78 Å². The van der Waals surface area contributed by atoms with E-state index in [9.17, 15) is 4.79 Å². The highest BCUT2D eigenvalue weighted by Gasteiger charge is 2.25. The fourth-order valence-corrected chi connectivity index (χ4v) is 2.88. The zero-order valence-corrected chi connectivity index (χ0v) is 12.2. The number of ketones is 1. The quantitative estimate of drug-likeness (QED) is 0.556. The number of rotatable bonds is 3. The number of benzene rings is 1. The van der Waals surface area contributed by atoms with E-state index in [1.165, 1.54) is 18.4 Å². The third kappa shape index (κ3) is 3.56. The van der Waals surface area contributed by atoms with Crippen LogP contribution in [0.4, 0.5) is 0 Å². The maximum Gasteiger partial charge on any atom is 0.185 e. The van der Waals surface area contributed by atoms with Crippen molar-refractivity contribution in [2.24, 2.45) is 17.8 Å². The van der Waals surface area contributed by atoms with E-state index < -0.39 is 0 Å². The summed E-state index contributed by atoms with van der Waals surface area (Å²) in [5.74, 6) is 2.17. The van der Waals surface area contributed by atoms with Crippen LogP contribution in [0.1, 0.15) is 50.4 Å². The Morgan fingerprint density at radius 2 is 1.89 bits per heavy atom. The third-order valence-electron chi connectivity index (χ3n) is 4.42. The van der Waals surface area contributed by atoms with Crippen LogP contribution in [0.2, 0.25) is 0 Å². The van der Waals surface area contributed by atoms with Gasteiger partial charge in [-0.25, -0.2) is 0 Å². The van der Waals surface area contributed by atoms with Gasteiger partial charge in [0.1, 0.15) is 0 Å². The number of carbonyl (C=O) groups is 1. The van der Waals surface area contributed by atoms with E-state index in [0.29, 0.717) is 11.8 Å². The van der Waals surface area contributed by atoms with Gasteiger partial charge in [0.05, 0.1) is 0 Å². The Labute approximate surface area is 116 Å². The molecule has 0 bridgehead atoms. The zero-order chi connectivity index (χ0) is 13.8. The molecule has 102 valence electrons. The Morgan fingerprint density at radius 1 is 1.21 bits per heavy atom. The lowest BCUT2D eigenvalue weighted by Crippen LogP contribution is -2.20. The highest BCUT2D eigenvalue weighted by atomic mass is 16.1. The van der Waals surface area contributed by atoms with E-state index >= 15 is 0 Å². The van der Waals surface area contributed by atoms with Crippen molar-refractivity contribution in [3.63, 3.8) is 0 Å². The van der Waals surface area contributed by atoms with Crippen LogP contribution in [0.5, 0.6) is 0 Å². The molecule has 0 spiro atoms. The fourth-order valence-electron chi connectivity index (χ4n) is 2.88. The molecule has 0 aliphatic heterocycles. The van der Waals surface area contributed by atoms with Gasteiger partial charge in [-0.1, -0.05) is 56.7 Å². The Morgan fingerprint density at radius 3 is 2.53 bits per heavy atom. The smallest absolute Gasteiger partial charge is 0.185 e. The molecule has 0 amide bonds. The Bertz CT molecular complexity index is 456. The first-order chi connectivity index (χ1) is 9.08. The van der Waals surface area contributed by atoms with E-state index in [0.717, 1.165) is 17.9 Å². The summed E-state index contributed by atoms with van der Waals surface area (Å²) < 4.78 is 0. The van der Waals surface area contributed by atoms with Crippen molar-refractivity contribution in [1.29, 1.82) is 0 Å². The fraction of sp³-hybridized carbons (Fsp3) is 0.500. The molecule has 2 atom stereocenters. The average Bonchev–Trinajstić information content (AvgIpc) is 2.42. The molecule has 1 aliphatic rings. The molecule has 0 heterocycles. The standard InChI is InChI=1S/C18H24O/c1-13(2)16-10-9-14(3)17(11-16)12-18(19)15-7-5-4-6-8-15/h4-8,12-14,16H,9-11H2,1-3H3/b17-12+/t14-,16+/m1/s1. The van der Waals surface area contributed by atoms with Crippen molar-refractivity contribution in [2.45, 2.75) is 40.0 Å². The summed E-state index contributed by atoms with van der Waals surface area (Å²) in [5.41, 5.74) is 2.15. The molecule has 1 fully saturated rings. The lowest BCUT2D eigenvalue weighted by Gasteiger charge is -2.31. The minimum Gasteiger partial charge on any atom is -0.289 e. The molecule has 0 unspecified atom stereocenters. The van der Waals surface area contributed by atoms with E-state index in [1.54, 1.807) is 0 Å². The minimum atomic E-state index is 0.159. The highest BCUT2D eigenvalue weighted by molar-refractivity contribution is 6.04. The van der Waals surface area contributed by atoms with Crippen molar-refractivity contribution in [2.75, 3.05) is 0 Å². The van der Waals surface area contributed by atoms with Crippen LogP contribution in [0, 0.1) is 17.8 Å². The van der Waals surface area contributed by atoms with Crippen molar-refractivity contribution in [1.82, 2.24) is 0 Å². The van der Waals surface area contributed by atoms with Crippen molar-refractivity contribution >= 4 is 5.78 Å². The lowest BCUT2D eigenvalue weighted by molar-refractivity contribution is 0.104. The van der Waals surface area contributed by atoms with Crippen molar-refractivity contribution in [3.8, 4) is 0 Å². The minimum absolute atomic E-state index is 0.159. The van der Waals surface area contributed by atoms with Crippen LogP contribution in [0.25, 0.3) is 0 Å². The van der Waals surface area contributed by atoms with Crippen molar-refractivity contribution < 1.29 is 4.79 Å². The van der Waals surface area contributed by atoms with E-state index in [2.05, 4.69) is 20.8 Å². The molecule has 1 aliphatic carbocycles. The second-order valence-corrected chi connectivity index (χ2v) is 6.14. The number of hydrogen-bond acceptors (Lipinski definition) is 1. The van der Waals surface area contributed by atoms with Gasteiger partial charge in [0, 0.05) is 5.56 Å².